The summed E-state index contributed by atoms with van der Waals surface area (Å²) in [6.45, 7) is 0. The zero-order valence-electron chi connectivity index (χ0n) is 11.9. The Morgan fingerprint density at radius 2 is 1.61 bits per heavy atom. The van der Waals surface area contributed by atoms with Crippen molar-refractivity contribution in [3.8, 4) is 11.5 Å². The van der Waals surface area contributed by atoms with Crippen LogP contribution in [0.4, 0.5) is 0 Å². The maximum Gasteiger partial charge on any atom is 0.257 e. The van der Waals surface area contributed by atoms with E-state index in [1.165, 1.54) is 0 Å². The summed E-state index contributed by atoms with van der Waals surface area (Å²) < 4.78 is 5.43. The first-order valence-electron chi connectivity index (χ1n) is 7.14. The van der Waals surface area contributed by atoms with E-state index in [1.54, 1.807) is 18.2 Å². The van der Waals surface area contributed by atoms with Gasteiger partial charge in [-0.25, -0.2) is 0 Å². The topological polar surface area (TPSA) is 38.9 Å². The van der Waals surface area contributed by atoms with E-state index < -0.39 is 0 Å². The number of hydrogen-bond donors (Lipinski definition) is 0. The van der Waals surface area contributed by atoms with Gasteiger partial charge in [-0.15, -0.1) is 0 Å². The summed E-state index contributed by atoms with van der Waals surface area (Å²) in [4.78, 5) is 4.57. The van der Waals surface area contributed by atoms with Crippen molar-refractivity contribution in [2.45, 2.75) is 18.3 Å². The third-order valence-electron chi connectivity index (χ3n) is 4.14. The van der Waals surface area contributed by atoms with Gasteiger partial charge in [0.15, 0.2) is 5.82 Å². The number of benzene rings is 2. The van der Waals surface area contributed by atoms with Gasteiger partial charge in [-0.2, -0.15) is 4.98 Å². The molecule has 1 saturated carbocycles. The summed E-state index contributed by atoms with van der Waals surface area (Å²) in [6.07, 6.45) is 1.88. The van der Waals surface area contributed by atoms with Crippen molar-refractivity contribution in [2.24, 2.45) is 0 Å². The molecule has 1 heterocycles. The molecular weight excluding hydrogens is 355 g/mol. The molecule has 6 heteroatoms. The van der Waals surface area contributed by atoms with Crippen LogP contribution in [0.15, 0.2) is 47.0 Å². The molecule has 1 aliphatic carbocycles. The molecule has 2 aromatic carbocycles. The Bertz CT molecular complexity index is 870. The highest BCUT2D eigenvalue weighted by Crippen LogP contribution is 2.54. The molecule has 4 rings (SSSR count). The van der Waals surface area contributed by atoms with Crippen molar-refractivity contribution in [1.82, 2.24) is 10.1 Å². The molecule has 0 unspecified atom stereocenters. The van der Waals surface area contributed by atoms with E-state index in [-0.39, 0.29) is 5.41 Å². The van der Waals surface area contributed by atoms with Crippen LogP contribution in [0.2, 0.25) is 15.1 Å². The van der Waals surface area contributed by atoms with E-state index in [9.17, 15) is 0 Å². The standard InChI is InChI=1S/C17H11Cl3N2O/c18-11-3-1-10(2-4-11)15-21-16(22-23-15)17(7-8-17)13-6-5-12(19)9-14(13)20/h1-6,9H,7-8H2. The van der Waals surface area contributed by atoms with Crippen molar-refractivity contribution in [3.63, 3.8) is 0 Å². The third-order valence-corrected chi connectivity index (χ3v) is 4.94. The van der Waals surface area contributed by atoms with Crippen LogP contribution in [0.5, 0.6) is 0 Å². The first-order chi connectivity index (χ1) is 11.1. The molecule has 1 aliphatic rings. The number of aromatic nitrogens is 2. The lowest BCUT2D eigenvalue weighted by Gasteiger charge is -2.13. The normalized spacial score (nSPS) is 15.6. The predicted molar refractivity (Wildman–Crippen MR) is 91.2 cm³/mol. The molecule has 3 nitrogen and oxygen atoms in total. The summed E-state index contributed by atoms with van der Waals surface area (Å²) in [5.74, 6) is 1.14. The molecule has 0 N–H and O–H groups in total. The second-order valence-electron chi connectivity index (χ2n) is 5.64. The molecule has 0 spiro atoms. The molecule has 0 bridgehead atoms. The maximum atomic E-state index is 6.36. The molecule has 1 fully saturated rings. The van der Waals surface area contributed by atoms with Gasteiger partial charge in [0.2, 0.25) is 0 Å². The highest BCUT2D eigenvalue weighted by atomic mass is 35.5. The fourth-order valence-electron chi connectivity index (χ4n) is 2.74. The third kappa shape index (κ3) is 2.63. The molecule has 3 aromatic rings. The summed E-state index contributed by atoms with van der Waals surface area (Å²) in [7, 11) is 0. The zero-order chi connectivity index (χ0) is 16.0. The van der Waals surface area contributed by atoms with Crippen LogP contribution < -0.4 is 0 Å². The van der Waals surface area contributed by atoms with E-state index >= 15 is 0 Å². The average molecular weight is 366 g/mol. The van der Waals surface area contributed by atoms with Gasteiger partial charge >= 0.3 is 0 Å². The van der Waals surface area contributed by atoms with Gasteiger partial charge in [0, 0.05) is 20.6 Å². The quantitative estimate of drug-likeness (QED) is 0.591. The molecule has 0 atom stereocenters. The van der Waals surface area contributed by atoms with Crippen LogP contribution >= 0.6 is 34.8 Å². The zero-order valence-corrected chi connectivity index (χ0v) is 14.2. The van der Waals surface area contributed by atoms with Crippen LogP contribution in [0.25, 0.3) is 11.5 Å². The Kier molecular flexibility index (Phi) is 3.60. The first kappa shape index (κ1) is 15.0. The minimum absolute atomic E-state index is 0.268. The van der Waals surface area contributed by atoms with Crippen molar-refractivity contribution >= 4 is 34.8 Å². The van der Waals surface area contributed by atoms with E-state index in [0.717, 1.165) is 24.0 Å². The first-order valence-corrected chi connectivity index (χ1v) is 8.27. The lowest BCUT2D eigenvalue weighted by molar-refractivity contribution is 0.418. The van der Waals surface area contributed by atoms with Crippen LogP contribution in [0.3, 0.4) is 0 Å². The Labute approximate surface area is 148 Å². The smallest absolute Gasteiger partial charge is 0.257 e. The summed E-state index contributed by atoms with van der Waals surface area (Å²) in [5.41, 5.74) is 1.56. The van der Waals surface area contributed by atoms with Crippen LogP contribution in [0, 0.1) is 0 Å². The lowest BCUT2D eigenvalue weighted by Crippen LogP contribution is -2.11. The molecule has 1 aromatic heterocycles. The minimum Gasteiger partial charge on any atom is -0.334 e. The molecule has 0 saturated heterocycles. The number of rotatable bonds is 3. The van der Waals surface area contributed by atoms with Gasteiger partial charge in [-0.1, -0.05) is 46.0 Å². The number of nitrogens with zero attached hydrogens (tertiary/aromatic N) is 2. The predicted octanol–water partition coefficient (Wildman–Crippen LogP) is 5.78. The Morgan fingerprint density at radius 1 is 0.913 bits per heavy atom. The van der Waals surface area contributed by atoms with Gasteiger partial charge < -0.3 is 4.52 Å². The lowest BCUT2D eigenvalue weighted by atomic mass is 9.95. The number of hydrogen-bond acceptors (Lipinski definition) is 3. The molecule has 0 amide bonds. The van der Waals surface area contributed by atoms with Crippen molar-refractivity contribution in [2.75, 3.05) is 0 Å². The largest absolute Gasteiger partial charge is 0.334 e. The Balaban J connectivity index is 1.72. The van der Waals surface area contributed by atoms with E-state index in [4.69, 9.17) is 39.3 Å². The van der Waals surface area contributed by atoms with Crippen LogP contribution in [-0.4, -0.2) is 10.1 Å². The second-order valence-corrected chi connectivity index (χ2v) is 6.92. The minimum atomic E-state index is -0.268. The monoisotopic (exact) mass is 364 g/mol. The Hall–Kier alpha value is -1.55. The van der Waals surface area contributed by atoms with Gasteiger partial charge in [-0.3, -0.25) is 0 Å². The number of halogens is 3. The summed E-state index contributed by atoms with van der Waals surface area (Å²) >= 11 is 18.3. The van der Waals surface area contributed by atoms with Gasteiger partial charge in [0.25, 0.3) is 5.89 Å². The molecule has 0 radical (unpaired) electrons. The highest BCUT2D eigenvalue weighted by Gasteiger charge is 2.51. The van der Waals surface area contributed by atoms with Gasteiger partial charge in [0.1, 0.15) is 0 Å². The fourth-order valence-corrected chi connectivity index (χ4v) is 3.46. The van der Waals surface area contributed by atoms with Crippen LogP contribution in [0.1, 0.15) is 24.2 Å². The van der Waals surface area contributed by atoms with Gasteiger partial charge in [0.05, 0.1) is 5.41 Å². The van der Waals surface area contributed by atoms with E-state index in [1.807, 2.05) is 24.3 Å². The van der Waals surface area contributed by atoms with Gasteiger partial charge in [-0.05, 0) is 54.8 Å². The second kappa shape index (κ2) is 5.52. The molecule has 116 valence electrons. The van der Waals surface area contributed by atoms with Crippen molar-refractivity contribution in [3.05, 3.63) is 68.9 Å². The fraction of sp³-hybridized carbons (Fsp3) is 0.176. The summed E-state index contributed by atoms with van der Waals surface area (Å²) in [6, 6.07) is 12.8. The van der Waals surface area contributed by atoms with E-state index in [0.29, 0.717) is 26.8 Å². The molecule has 0 aliphatic heterocycles. The molecular formula is C17H11Cl3N2O. The highest BCUT2D eigenvalue weighted by molar-refractivity contribution is 6.35. The summed E-state index contributed by atoms with van der Waals surface area (Å²) in [5, 5.41) is 6.09. The maximum absolute atomic E-state index is 6.36. The SMILES string of the molecule is Clc1ccc(-c2nc(C3(c4ccc(Cl)cc4Cl)CC3)no2)cc1. The van der Waals surface area contributed by atoms with E-state index in [2.05, 4.69) is 10.1 Å². The Morgan fingerprint density at radius 3 is 2.26 bits per heavy atom. The van der Waals surface area contributed by atoms with Crippen molar-refractivity contribution in [1.29, 1.82) is 0 Å². The molecule has 23 heavy (non-hydrogen) atoms. The van der Waals surface area contributed by atoms with Crippen LogP contribution in [-0.2, 0) is 5.41 Å². The average Bonchev–Trinajstić information content (AvgIpc) is 3.17. The van der Waals surface area contributed by atoms with Crippen molar-refractivity contribution < 1.29 is 4.52 Å².